The topological polar surface area (TPSA) is 93.3 Å². The molecule has 4 N–H and O–H groups in total. The monoisotopic (exact) mass is 224 g/mol. The highest BCUT2D eigenvalue weighted by molar-refractivity contribution is 5.38. The minimum atomic E-state index is 0.114. The number of nitrogens with two attached hydrogens (primary N) is 1. The van der Waals surface area contributed by atoms with Crippen molar-refractivity contribution in [3.8, 4) is 5.88 Å². The Labute approximate surface area is 93.8 Å². The fourth-order valence-corrected chi connectivity index (χ4v) is 1.36. The average Bonchev–Trinajstić information content (AvgIpc) is 3.13. The summed E-state index contributed by atoms with van der Waals surface area (Å²) in [6, 6.07) is 1.66. The summed E-state index contributed by atoms with van der Waals surface area (Å²) in [6.45, 7) is 0.560. The molecule has 1 aromatic rings. The van der Waals surface area contributed by atoms with Gasteiger partial charge in [-0.3, -0.25) is 0 Å². The highest BCUT2D eigenvalue weighted by Gasteiger charge is 2.27. The summed E-state index contributed by atoms with van der Waals surface area (Å²) in [5.41, 5.74) is 2.50. The molecule has 2 rings (SSSR count). The molecule has 1 aliphatic rings. The number of nitrogens with zero attached hydrogens (tertiary/aromatic N) is 2. The minimum Gasteiger partial charge on any atom is -0.477 e. The number of anilines is 1. The van der Waals surface area contributed by atoms with Crippen molar-refractivity contribution in [1.29, 1.82) is 0 Å². The van der Waals surface area contributed by atoms with E-state index in [1.54, 1.807) is 6.07 Å². The van der Waals surface area contributed by atoms with E-state index in [2.05, 4.69) is 15.4 Å². The molecule has 1 aromatic heterocycles. The van der Waals surface area contributed by atoms with E-state index in [-0.39, 0.29) is 6.61 Å². The van der Waals surface area contributed by atoms with Crippen LogP contribution in [0.2, 0.25) is 0 Å². The molecule has 1 aliphatic carbocycles. The van der Waals surface area contributed by atoms with Crippen LogP contribution in [0.4, 0.5) is 5.82 Å². The molecule has 6 nitrogen and oxygen atoms in total. The molecule has 6 heteroatoms. The van der Waals surface area contributed by atoms with Gasteiger partial charge in [-0.05, 0) is 12.8 Å². The molecular weight excluding hydrogens is 208 g/mol. The largest absolute Gasteiger partial charge is 0.477 e. The third-order valence-electron chi connectivity index (χ3n) is 2.36. The van der Waals surface area contributed by atoms with Gasteiger partial charge < -0.3 is 15.3 Å². The van der Waals surface area contributed by atoms with Crippen LogP contribution in [0, 0.1) is 0 Å². The van der Waals surface area contributed by atoms with Gasteiger partial charge in [-0.2, -0.15) is 4.98 Å². The Bertz CT molecular complexity index is 355. The molecule has 1 fully saturated rings. The molecule has 0 bridgehead atoms. The summed E-state index contributed by atoms with van der Waals surface area (Å²) < 4.78 is 5.40. The van der Waals surface area contributed by atoms with Crippen LogP contribution in [0.5, 0.6) is 5.88 Å². The van der Waals surface area contributed by atoms with Gasteiger partial charge in [0.15, 0.2) is 0 Å². The fraction of sp³-hybridized carbons (Fsp3) is 0.600. The van der Waals surface area contributed by atoms with Gasteiger partial charge in [0.2, 0.25) is 5.88 Å². The number of hydrogen-bond donors (Lipinski definition) is 3. The first-order chi connectivity index (χ1) is 7.83. The second-order valence-corrected chi connectivity index (χ2v) is 3.79. The van der Waals surface area contributed by atoms with Gasteiger partial charge in [0, 0.05) is 25.0 Å². The van der Waals surface area contributed by atoms with Crippen molar-refractivity contribution < 1.29 is 9.84 Å². The van der Waals surface area contributed by atoms with Crippen LogP contribution in [-0.4, -0.2) is 28.3 Å². The maximum atomic E-state index is 8.65. The number of hydrazine groups is 1. The van der Waals surface area contributed by atoms with E-state index in [0.29, 0.717) is 30.6 Å². The third kappa shape index (κ3) is 2.80. The zero-order valence-corrected chi connectivity index (χ0v) is 9.02. The lowest BCUT2D eigenvalue weighted by atomic mass is 10.4. The minimum absolute atomic E-state index is 0.114. The summed E-state index contributed by atoms with van der Waals surface area (Å²) in [5.74, 6) is 7.64. The molecule has 0 aromatic carbocycles. The molecule has 1 heterocycles. The summed E-state index contributed by atoms with van der Waals surface area (Å²) in [7, 11) is 0. The maximum Gasteiger partial charge on any atom is 0.218 e. The Kier molecular flexibility index (Phi) is 3.53. The molecule has 1 saturated carbocycles. The zero-order valence-electron chi connectivity index (χ0n) is 9.02. The number of rotatable bonds is 6. The highest BCUT2D eigenvalue weighted by atomic mass is 16.5. The maximum absolute atomic E-state index is 8.65. The normalized spacial score (nSPS) is 14.9. The lowest BCUT2D eigenvalue weighted by molar-refractivity contribution is 0.229. The molecular formula is C10H16N4O2. The Balaban J connectivity index is 2.06. The van der Waals surface area contributed by atoms with Crippen molar-refractivity contribution in [2.45, 2.75) is 25.2 Å². The van der Waals surface area contributed by atoms with Crippen molar-refractivity contribution in [1.82, 2.24) is 9.97 Å². The number of hydrogen-bond acceptors (Lipinski definition) is 6. The lowest BCUT2D eigenvalue weighted by Gasteiger charge is -2.08. The van der Waals surface area contributed by atoms with E-state index in [9.17, 15) is 0 Å². The number of nitrogens with one attached hydrogen (secondary N) is 1. The molecule has 0 radical (unpaired) electrons. The first-order valence-corrected chi connectivity index (χ1v) is 5.42. The SMILES string of the molecule is NNc1cc(OCCCO)nc(C2CC2)n1. The van der Waals surface area contributed by atoms with E-state index in [4.69, 9.17) is 15.7 Å². The van der Waals surface area contributed by atoms with Crippen LogP contribution in [0.1, 0.15) is 31.0 Å². The number of aromatic nitrogens is 2. The summed E-state index contributed by atoms with van der Waals surface area (Å²) in [4.78, 5) is 8.57. The predicted molar refractivity (Wildman–Crippen MR) is 59.0 cm³/mol. The van der Waals surface area contributed by atoms with Crippen LogP contribution in [0.3, 0.4) is 0 Å². The van der Waals surface area contributed by atoms with Gasteiger partial charge in [-0.15, -0.1) is 0 Å². The van der Waals surface area contributed by atoms with Crippen molar-refractivity contribution in [3.05, 3.63) is 11.9 Å². The third-order valence-corrected chi connectivity index (χ3v) is 2.36. The number of aliphatic hydroxyl groups excluding tert-OH is 1. The van der Waals surface area contributed by atoms with E-state index in [1.165, 1.54) is 0 Å². The first-order valence-electron chi connectivity index (χ1n) is 5.42. The lowest BCUT2D eigenvalue weighted by Crippen LogP contribution is -2.11. The van der Waals surface area contributed by atoms with Gasteiger partial charge >= 0.3 is 0 Å². The van der Waals surface area contributed by atoms with Gasteiger partial charge in [-0.25, -0.2) is 10.8 Å². The van der Waals surface area contributed by atoms with Gasteiger partial charge in [-0.1, -0.05) is 0 Å². The summed E-state index contributed by atoms with van der Waals surface area (Å²) in [6.07, 6.45) is 2.85. The Morgan fingerprint density at radius 3 is 2.94 bits per heavy atom. The second kappa shape index (κ2) is 5.09. The Morgan fingerprint density at radius 1 is 1.50 bits per heavy atom. The van der Waals surface area contributed by atoms with Crippen LogP contribution < -0.4 is 16.0 Å². The van der Waals surface area contributed by atoms with Crippen LogP contribution in [-0.2, 0) is 0 Å². The molecule has 0 amide bonds. The predicted octanol–water partition coefficient (Wildman–Crippen LogP) is 0.401. The van der Waals surface area contributed by atoms with Crippen LogP contribution in [0.25, 0.3) is 0 Å². The summed E-state index contributed by atoms with van der Waals surface area (Å²) in [5, 5.41) is 8.65. The quantitative estimate of drug-likeness (QED) is 0.368. The smallest absolute Gasteiger partial charge is 0.218 e. The van der Waals surface area contributed by atoms with E-state index in [1.807, 2.05) is 0 Å². The highest BCUT2D eigenvalue weighted by Crippen LogP contribution is 2.38. The van der Waals surface area contributed by atoms with Crippen molar-refractivity contribution >= 4 is 5.82 Å². The van der Waals surface area contributed by atoms with Gasteiger partial charge in [0.25, 0.3) is 0 Å². The summed E-state index contributed by atoms with van der Waals surface area (Å²) >= 11 is 0. The molecule has 0 unspecified atom stereocenters. The molecule has 0 spiro atoms. The van der Waals surface area contributed by atoms with Gasteiger partial charge in [0.1, 0.15) is 11.6 Å². The number of nitrogen functional groups attached to an aromatic ring is 1. The van der Waals surface area contributed by atoms with Gasteiger partial charge in [0.05, 0.1) is 6.61 Å². The van der Waals surface area contributed by atoms with E-state index < -0.39 is 0 Å². The number of aliphatic hydroxyl groups is 1. The van der Waals surface area contributed by atoms with Crippen LogP contribution >= 0.6 is 0 Å². The zero-order chi connectivity index (χ0) is 11.4. The fourth-order valence-electron chi connectivity index (χ4n) is 1.36. The van der Waals surface area contributed by atoms with E-state index >= 15 is 0 Å². The van der Waals surface area contributed by atoms with Crippen molar-refractivity contribution in [3.63, 3.8) is 0 Å². The molecule has 0 atom stereocenters. The Hall–Kier alpha value is -1.40. The second-order valence-electron chi connectivity index (χ2n) is 3.79. The number of ether oxygens (including phenoxy) is 1. The first kappa shape index (κ1) is 11.1. The Morgan fingerprint density at radius 2 is 2.31 bits per heavy atom. The molecule has 0 saturated heterocycles. The molecule has 88 valence electrons. The molecule has 16 heavy (non-hydrogen) atoms. The molecule has 0 aliphatic heterocycles. The van der Waals surface area contributed by atoms with Crippen molar-refractivity contribution in [2.24, 2.45) is 5.84 Å². The van der Waals surface area contributed by atoms with Crippen molar-refractivity contribution in [2.75, 3.05) is 18.6 Å². The van der Waals surface area contributed by atoms with Crippen LogP contribution in [0.15, 0.2) is 6.07 Å². The van der Waals surface area contributed by atoms with E-state index in [0.717, 1.165) is 18.7 Å². The average molecular weight is 224 g/mol. The standard InChI is InChI=1S/C10H16N4O2/c11-14-8-6-9(16-5-1-4-15)13-10(12-8)7-2-3-7/h6-7,15H,1-5,11H2,(H,12,13,14).